The summed E-state index contributed by atoms with van der Waals surface area (Å²) in [5, 5.41) is 3.23. The molecule has 24 heavy (non-hydrogen) atoms. The van der Waals surface area contributed by atoms with Gasteiger partial charge in [-0.3, -0.25) is 4.40 Å². The highest BCUT2D eigenvalue weighted by molar-refractivity contribution is 5.67. The smallest absolute Gasteiger partial charge is 0.223 e. The Kier molecular flexibility index (Phi) is 3.51. The molecule has 0 bridgehead atoms. The van der Waals surface area contributed by atoms with E-state index in [2.05, 4.69) is 37.4 Å². The number of benzene rings is 1. The fourth-order valence-electron chi connectivity index (χ4n) is 2.49. The SMILES string of the molecule is Nc1nccn2c(-c3ccnc(NCc4ccccc4)n3)cnc12. The second kappa shape index (κ2) is 5.96. The lowest BCUT2D eigenvalue weighted by atomic mass is 10.2. The van der Waals surface area contributed by atoms with Gasteiger partial charge in [-0.25, -0.2) is 19.9 Å². The molecule has 3 N–H and O–H groups in total. The minimum absolute atomic E-state index is 0.389. The number of aromatic nitrogens is 5. The normalized spacial score (nSPS) is 10.8. The number of rotatable bonds is 4. The van der Waals surface area contributed by atoms with Crippen molar-refractivity contribution in [1.29, 1.82) is 0 Å². The van der Waals surface area contributed by atoms with Crippen LogP contribution in [0.3, 0.4) is 0 Å². The third-order valence-corrected chi connectivity index (χ3v) is 3.67. The van der Waals surface area contributed by atoms with Gasteiger partial charge in [0.1, 0.15) is 0 Å². The Morgan fingerprint density at radius 1 is 1.00 bits per heavy atom. The summed E-state index contributed by atoms with van der Waals surface area (Å²) >= 11 is 0. The number of hydrogen-bond acceptors (Lipinski definition) is 6. The highest BCUT2D eigenvalue weighted by Gasteiger charge is 2.10. The van der Waals surface area contributed by atoms with E-state index in [-0.39, 0.29) is 0 Å². The first-order chi connectivity index (χ1) is 11.8. The maximum Gasteiger partial charge on any atom is 0.223 e. The molecule has 0 saturated carbocycles. The van der Waals surface area contributed by atoms with Gasteiger partial charge in [-0.2, -0.15) is 0 Å². The first-order valence-corrected chi connectivity index (χ1v) is 7.50. The van der Waals surface area contributed by atoms with Crippen molar-refractivity contribution in [1.82, 2.24) is 24.3 Å². The van der Waals surface area contributed by atoms with E-state index in [1.54, 1.807) is 18.6 Å². The molecule has 118 valence electrons. The van der Waals surface area contributed by atoms with E-state index < -0.39 is 0 Å². The van der Waals surface area contributed by atoms with Gasteiger partial charge in [0, 0.05) is 25.1 Å². The van der Waals surface area contributed by atoms with E-state index in [1.165, 1.54) is 5.56 Å². The molecule has 0 radical (unpaired) electrons. The van der Waals surface area contributed by atoms with Crippen molar-refractivity contribution in [3.63, 3.8) is 0 Å². The summed E-state index contributed by atoms with van der Waals surface area (Å²) in [6.07, 6.45) is 6.91. The molecule has 0 aliphatic carbocycles. The van der Waals surface area contributed by atoms with Crippen molar-refractivity contribution >= 4 is 17.4 Å². The fourth-order valence-corrected chi connectivity index (χ4v) is 2.49. The van der Waals surface area contributed by atoms with E-state index in [1.807, 2.05) is 34.9 Å². The molecule has 0 amide bonds. The zero-order valence-corrected chi connectivity index (χ0v) is 12.8. The molecular formula is C17H15N7. The van der Waals surface area contributed by atoms with Crippen molar-refractivity contribution in [3.05, 3.63) is 66.7 Å². The number of imidazole rings is 1. The first-order valence-electron chi connectivity index (χ1n) is 7.50. The minimum atomic E-state index is 0.389. The van der Waals surface area contributed by atoms with Crippen LogP contribution < -0.4 is 11.1 Å². The predicted molar refractivity (Wildman–Crippen MR) is 92.2 cm³/mol. The van der Waals surface area contributed by atoms with Gasteiger partial charge >= 0.3 is 0 Å². The number of nitrogen functional groups attached to an aromatic ring is 1. The molecule has 0 aliphatic heterocycles. The van der Waals surface area contributed by atoms with Gasteiger partial charge in [-0.15, -0.1) is 0 Å². The van der Waals surface area contributed by atoms with Crippen LogP contribution in [0, 0.1) is 0 Å². The van der Waals surface area contributed by atoms with Gasteiger partial charge < -0.3 is 11.1 Å². The minimum Gasteiger partial charge on any atom is -0.381 e. The molecule has 0 fully saturated rings. The van der Waals surface area contributed by atoms with Gasteiger partial charge in [0.15, 0.2) is 11.5 Å². The predicted octanol–water partition coefficient (Wildman–Crippen LogP) is 2.38. The molecule has 1 aromatic carbocycles. The summed E-state index contributed by atoms with van der Waals surface area (Å²) in [6, 6.07) is 11.9. The summed E-state index contributed by atoms with van der Waals surface area (Å²) in [4.78, 5) is 17.2. The molecule has 3 heterocycles. The number of nitrogens with one attached hydrogen (secondary N) is 1. The van der Waals surface area contributed by atoms with Crippen molar-refractivity contribution < 1.29 is 0 Å². The largest absolute Gasteiger partial charge is 0.381 e. The summed E-state index contributed by atoms with van der Waals surface area (Å²) in [5.41, 5.74) is 9.23. The third-order valence-electron chi connectivity index (χ3n) is 3.67. The zero-order valence-electron chi connectivity index (χ0n) is 12.8. The van der Waals surface area contributed by atoms with Crippen molar-refractivity contribution in [2.24, 2.45) is 0 Å². The van der Waals surface area contributed by atoms with Crippen LogP contribution in [-0.2, 0) is 6.54 Å². The fraction of sp³-hybridized carbons (Fsp3) is 0.0588. The Labute approximate surface area is 138 Å². The molecule has 0 unspecified atom stereocenters. The maximum atomic E-state index is 5.85. The molecule has 0 saturated heterocycles. The van der Waals surface area contributed by atoms with E-state index in [9.17, 15) is 0 Å². The Morgan fingerprint density at radius 3 is 2.75 bits per heavy atom. The number of nitrogens with two attached hydrogens (primary N) is 1. The molecule has 3 aromatic heterocycles. The lowest BCUT2D eigenvalue weighted by Gasteiger charge is -2.07. The summed E-state index contributed by atoms with van der Waals surface area (Å²) in [6.45, 7) is 0.661. The summed E-state index contributed by atoms with van der Waals surface area (Å²) < 4.78 is 1.87. The average molecular weight is 317 g/mol. The van der Waals surface area contributed by atoms with E-state index in [4.69, 9.17) is 5.73 Å². The van der Waals surface area contributed by atoms with E-state index >= 15 is 0 Å². The third kappa shape index (κ3) is 2.63. The Hall–Kier alpha value is -3.48. The second-order valence-corrected chi connectivity index (χ2v) is 5.25. The second-order valence-electron chi connectivity index (χ2n) is 5.25. The van der Waals surface area contributed by atoms with Gasteiger partial charge in [0.2, 0.25) is 5.95 Å². The molecule has 0 spiro atoms. The van der Waals surface area contributed by atoms with Crippen LogP contribution in [-0.4, -0.2) is 24.3 Å². The molecule has 4 aromatic rings. The van der Waals surface area contributed by atoms with Crippen LogP contribution in [0.25, 0.3) is 17.0 Å². The molecule has 0 atom stereocenters. The monoisotopic (exact) mass is 317 g/mol. The maximum absolute atomic E-state index is 5.85. The van der Waals surface area contributed by atoms with Crippen LogP contribution in [0.4, 0.5) is 11.8 Å². The number of hydrogen-bond donors (Lipinski definition) is 2. The first kappa shape index (κ1) is 14.1. The highest BCUT2D eigenvalue weighted by Crippen LogP contribution is 2.21. The number of nitrogens with zero attached hydrogens (tertiary/aromatic N) is 5. The molecule has 0 aliphatic rings. The lowest BCUT2D eigenvalue weighted by molar-refractivity contribution is 1.05. The van der Waals surface area contributed by atoms with Crippen LogP contribution in [0.1, 0.15) is 5.56 Å². The van der Waals surface area contributed by atoms with Crippen LogP contribution >= 0.6 is 0 Å². The van der Waals surface area contributed by atoms with Crippen LogP contribution in [0.15, 0.2) is 61.2 Å². The zero-order chi connectivity index (χ0) is 16.4. The lowest BCUT2D eigenvalue weighted by Crippen LogP contribution is -2.04. The standard InChI is InChI=1S/C17H15N7/c18-15-16-21-11-14(24(16)9-8-19-15)13-6-7-20-17(23-13)22-10-12-4-2-1-3-5-12/h1-9,11H,10H2,(H2,18,19)(H,20,22,23). The number of fused-ring (bicyclic) bond motifs is 1. The van der Waals surface area contributed by atoms with Crippen LogP contribution in [0.2, 0.25) is 0 Å². The van der Waals surface area contributed by atoms with Gasteiger partial charge in [-0.05, 0) is 11.6 Å². The van der Waals surface area contributed by atoms with Gasteiger partial charge in [0.05, 0.1) is 17.6 Å². The molecular weight excluding hydrogens is 302 g/mol. The van der Waals surface area contributed by atoms with E-state index in [0.29, 0.717) is 24.0 Å². The Bertz CT molecular complexity index is 979. The Morgan fingerprint density at radius 2 is 1.88 bits per heavy atom. The van der Waals surface area contributed by atoms with Crippen molar-refractivity contribution in [2.45, 2.75) is 6.54 Å². The Balaban J connectivity index is 1.63. The molecule has 7 nitrogen and oxygen atoms in total. The highest BCUT2D eigenvalue weighted by atomic mass is 15.1. The number of anilines is 2. The quantitative estimate of drug-likeness (QED) is 0.600. The van der Waals surface area contributed by atoms with E-state index in [0.717, 1.165) is 11.4 Å². The summed E-state index contributed by atoms with van der Waals surface area (Å²) in [5.74, 6) is 0.952. The summed E-state index contributed by atoms with van der Waals surface area (Å²) in [7, 11) is 0. The average Bonchev–Trinajstić information content (AvgIpc) is 3.07. The van der Waals surface area contributed by atoms with Crippen molar-refractivity contribution in [3.8, 4) is 11.4 Å². The molecule has 4 rings (SSSR count). The van der Waals surface area contributed by atoms with Crippen molar-refractivity contribution in [2.75, 3.05) is 11.1 Å². The van der Waals surface area contributed by atoms with Gasteiger partial charge in [0.25, 0.3) is 0 Å². The van der Waals surface area contributed by atoms with Crippen LogP contribution in [0.5, 0.6) is 0 Å². The molecule has 7 heteroatoms. The van der Waals surface area contributed by atoms with Gasteiger partial charge in [-0.1, -0.05) is 30.3 Å². The topological polar surface area (TPSA) is 94.0 Å².